The van der Waals surface area contributed by atoms with Crippen molar-refractivity contribution >= 4 is 29.0 Å². The summed E-state index contributed by atoms with van der Waals surface area (Å²) in [5.74, 6) is 0.824. The van der Waals surface area contributed by atoms with Crippen LogP contribution in [0.2, 0.25) is 10.0 Å². The van der Waals surface area contributed by atoms with Crippen molar-refractivity contribution in [2.24, 2.45) is 0 Å². The number of anilines is 1. The van der Waals surface area contributed by atoms with Crippen LogP contribution in [0.4, 0.5) is 5.82 Å². The molecule has 2 aromatic carbocycles. The van der Waals surface area contributed by atoms with Crippen LogP contribution in [0.1, 0.15) is 55.7 Å². The number of nitrogens with one attached hydrogen (secondary N) is 1. The van der Waals surface area contributed by atoms with Crippen LogP contribution in [0.3, 0.4) is 0 Å². The van der Waals surface area contributed by atoms with Gasteiger partial charge in [0.05, 0.1) is 34.3 Å². The lowest BCUT2D eigenvalue weighted by molar-refractivity contribution is 0.0383. The Morgan fingerprint density at radius 3 is 2.50 bits per heavy atom. The molecule has 1 N–H and O–H groups in total. The highest BCUT2D eigenvalue weighted by Crippen LogP contribution is 2.37. The van der Waals surface area contributed by atoms with Gasteiger partial charge in [-0.05, 0) is 61.9 Å². The normalized spacial score (nSPS) is 17.8. The number of fused-ring (bicyclic) bond motifs is 1. The van der Waals surface area contributed by atoms with Gasteiger partial charge in [0.15, 0.2) is 0 Å². The summed E-state index contributed by atoms with van der Waals surface area (Å²) in [4.78, 5) is 10.1. The quantitative estimate of drug-likeness (QED) is 0.401. The van der Waals surface area contributed by atoms with Crippen LogP contribution in [-0.4, -0.2) is 22.7 Å². The lowest BCUT2D eigenvalue weighted by Crippen LogP contribution is -2.34. The van der Waals surface area contributed by atoms with Gasteiger partial charge in [-0.2, -0.15) is 0 Å². The van der Waals surface area contributed by atoms with Gasteiger partial charge in [-0.1, -0.05) is 61.3 Å². The molecule has 32 heavy (non-hydrogen) atoms. The van der Waals surface area contributed by atoms with Crippen LogP contribution in [0.5, 0.6) is 0 Å². The maximum absolute atomic E-state index is 6.51. The Kier molecular flexibility index (Phi) is 7.34. The minimum absolute atomic E-state index is 0.0363. The molecule has 0 bridgehead atoms. The van der Waals surface area contributed by atoms with Crippen LogP contribution in [0, 0.1) is 0 Å². The number of hydrogen-bond acceptors (Lipinski definition) is 4. The average molecular weight is 470 g/mol. The predicted octanol–water partition coefficient (Wildman–Crippen LogP) is 7.08. The predicted molar refractivity (Wildman–Crippen MR) is 133 cm³/mol. The molecule has 1 heterocycles. The second kappa shape index (κ2) is 10.2. The van der Waals surface area contributed by atoms with E-state index in [1.807, 2.05) is 12.1 Å². The fourth-order valence-electron chi connectivity index (χ4n) is 4.45. The molecule has 1 aromatic heterocycles. The van der Waals surface area contributed by atoms with E-state index in [0.29, 0.717) is 16.7 Å². The molecule has 4 nitrogen and oxygen atoms in total. The zero-order valence-corrected chi connectivity index (χ0v) is 20.3. The van der Waals surface area contributed by atoms with E-state index < -0.39 is 0 Å². The van der Waals surface area contributed by atoms with Crippen molar-refractivity contribution in [1.29, 1.82) is 0 Å². The van der Waals surface area contributed by atoms with E-state index in [2.05, 4.69) is 50.4 Å². The standard InChI is InChI=1S/C26H29Cl2N3O/c1-4-21-24(19-13-12-17(27)15-20(19)28)29-22(5-2)26(30-21)31-25-18-10-8-7-9-16(18)11-14-23(25)32-6-3/h7-10,12-13,15,23,25H,4-6,11,14H2,1-3H3,(H,30,31)/t23-,25-/m0/s1. The average Bonchev–Trinajstić information content (AvgIpc) is 2.80. The Balaban J connectivity index is 1.77. The smallest absolute Gasteiger partial charge is 0.148 e. The third kappa shape index (κ3) is 4.63. The lowest BCUT2D eigenvalue weighted by atomic mass is 9.85. The molecule has 0 fully saturated rings. The van der Waals surface area contributed by atoms with E-state index in [0.717, 1.165) is 54.1 Å². The minimum Gasteiger partial charge on any atom is -0.376 e. The maximum Gasteiger partial charge on any atom is 0.148 e. The zero-order valence-electron chi connectivity index (χ0n) is 18.8. The highest BCUT2D eigenvalue weighted by molar-refractivity contribution is 6.36. The summed E-state index contributed by atoms with van der Waals surface area (Å²) in [7, 11) is 0. The highest BCUT2D eigenvalue weighted by atomic mass is 35.5. The molecule has 0 radical (unpaired) electrons. The third-order valence-electron chi connectivity index (χ3n) is 6.03. The van der Waals surface area contributed by atoms with E-state index in [4.69, 9.17) is 37.9 Å². The number of ether oxygens (including phenoxy) is 1. The van der Waals surface area contributed by atoms with E-state index in [1.165, 1.54) is 11.1 Å². The first-order valence-electron chi connectivity index (χ1n) is 11.4. The molecular formula is C26H29Cl2N3O. The summed E-state index contributed by atoms with van der Waals surface area (Å²) < 4.78 is 6.13. The second-order valence-corrected chi connectivity index (χ2v) is 8.84. The van der Waals surface area contributed by atoms with Crippen molar-refractivity contribution in [3.05, 3.63) is 75.0 Å². The first-order chi connectivity index (χ1) is 15.5. The molecule has 1 aliphatic rings. The number of nitrogens with zero attached hydrogens (tertiary/aromatic N) is 2. The van der Waals surface area contributed by atoms with Crippen LogP contribution in [-0.2, 0) is 24.0 Å². The van der Waals surface area contributed by atoms with Gasteiger partial charge in [0.2, 0.25) is 0 Å². The van der Waals surface area contributed by atoms with Gasteiger partial charge < -0.3 is 10.1 Å². The molecule has 0 aliphatic heterocycles. The molecule has 4 rings (SSSR count). The van der Waals surface area contributed by atoms with E-state index in [1.54, 1.807) is 6.07 Å². The SMILES string of the molecule is CCO[C@H]1CCc2ccccc2[C@@H]1Nc1nc(CC)c(-c2ccc(Cl)cc2Cl)nc1CC. The van der Waals surface area contributed by atoms with Gasteiger partial charge in [0.25, 0.3) is 0 Å². The summed E-state index contributed by atoms with van der Waals surface area (Å²) in [5, 5.41) is 4.91. The number of rotatable bonds is 7. The van der Waals surface area contributed by atoms with Gasteiger partial charge in [0.1, 0.15) is 5.82 Å². The lowest BCUT2D eigenvalue weighted by Gasteiger charge is -2.34. The fraction of sp³-hybridized carbons (Fsp3) is 0.385. The summed E-state index contributed by atoms with van der Waals surface area (Å²) in [6.07, 6.45) is 3.61. The Morgan fingerprint density at radius 1 is 1.00 bits per heavy atom. The Bertz CT molecular complexity index is 1100. The Labute approximate surface area is 200 Å². The molecule has 6 heteroatoms. The van der Waals surface area contributed by atoms with Crippen molar-refractivity contribution in [1.82, 2.24) is 9.97 Å². The van der Waals surface area contributed by atoms with Crippen LogP contribution in [0.25, 0.3) is 11.3 Å². The number of aromatic nitrogens is 2. The van der Waals surface area contributed by atoms with Crippen molar-refractivity contribution < 1.29 is 4.74 Å². The molecule has 0 saturated heterocycles. The fourth-order valence-corrected chi connectivity index (χ4v) is 4.95. The highest BCUT2D eigenvalue weighted by Gasteiger charge is 2.31. The van der Waals surface area contributed by atoms with Gasteiger partial charge in [-0.25, -0.2) is 9.97 Å². The largest absolute Gasteiger partial charge is 0.376 e. The molecule has 3 aromatic rings. The molecule has 1 aliphatic carbocycles. The Hall–Kier alpha value is -2.14. The van der Waals surface area contributed by atoms with Crippen molar-refractivity contribution in [2.45, 2.75) is 58.6 Å². The van der Waals surface area contributed by atoms with E-state index in [-0.39, 0.29) is 12.1 Å². The van der Waals surface area contributed by atoms with E-state index in [9.17, 15) is 0 Å². The molecule has 0 amide bonds. The Morgan fingerprint density at radius 2 is 1.78 bits per heavy atom. The number of halogens is 2. The summed E-state index contributed by atoms with van der Waals surface area (Å²) in [6.45, 7) is 6.93. The van der Waals surface area contributed by atoms with E-state index >= 15 is 0 Å². The zero-order chi connectivity index (χ0) is 22.7. The minimum atomic E-state index is 0.0363. The van der Waals surface area contributed by atoms with Gasteiger partial charge in [-0.15, -0.1) is 0 Å². The molecular weight excluding hydrogens is 441 g/mol. The summed E-state index contributed by atoms with van der Waals surface area (Å²) in [6, 6.07) is 14.2. The molecule has 0 spiro atoms. The van der Waals surface area contributed by atoms with Gasteiger partial charge in [0, 0.05) is 17.2 Å². The summed E-state index contributed by atoms with van der Waals surface area (Å²) >= 11 is 12.6. The topological polar surface area (TPSA) is 47.0 Å². The van der Waals surface area contributed by atoms with Crippen LogP contribution in [0.15, 0.2) is 42.5 Å². The van der Waals surface area contributed by atoms with Gasteiger partial charge >= 0.3 is 0 Å². The summed E-state index contributed by atoms with van der Waals surface area (Å²) in [5.41, 5.74) is 6.16. The van der Waals surface area contributed by atoms with Gasteiger partial charge in [-0.3, -0.25) is 0 Å². The number of aryl methyl sites for hydroxylation is 3. The third-order valence-corrected chi connectivity index (χ3v) is 6.58. The second-order valence-electron chi connectivity index (χ2n) is 8.00. The first-order valence-corrected chi connectivity index (χ1v) is 12.1. The number of benzene rings is 2. The first kappa shape index (κ1) is 23.0. The molecule has 0 unspecified atom stereocenters. The monoisotopic (exact) mass is 469 g/mol. The molecule has 2 atom stereocenters. The van der Waals surface area contributed by atoms with Crippen molar-refractivity contribution in [3.63, 3.8) is 0 Å². The van der Waals surface area contributed by atoms with Crippen molar-refractivity contribution in [2.75, 3.05) is 11.9 Å². The van der Waals surface area contributed by atoms with Crippen molar-refractivity contribution in [3.8, 4) is 11.3 Å². The molecule has 0 saturated carbocycles. The maximum atomic E-state index is 6.51. The molecule has 168 valence electrons. The number of hydrogen-bond donors (Lipinski definition) is 1. The van der Waals surface area contributed by atoms with Crippen LogP contribution < -0.4 is 5.32 Å². The van der Waals surface area contributed by atoms with Crippen LogP contribution >= 0.6 is 23.2 Å².